The highest BCUT2D eigenvalue weighted by Crippen LogP contribution is 2.54. The van der Waals surface area contributed by atoms with Gasteiger partial charge < -0.3 is 20.7 Å². The smallest absolute Gasteiger partial charge is 0.324 e. The van der Waals surface area contributed by atoms with Crippen molar-refractivity contribution in [1.29, 1.82) is 0 Å². The number of aromatic nitrogens is 3. The predicted molar refractivity (Wildman–Crippen MR) is 116 cm³/mol. The summed E-state index contributed by atoms with van der Waals surface area (Å²) in [6.07, 6.45) is 6.01. The summed E-state index contributed by atoms with van der Waals surface area (Å²) in [6, 6.07) is 7.27. The average Bonchev–Trinajstić information content (AvgIpc) is 3.08. The van der Waals surface area contributed by atoms with Gasteiger partial charge in [0.2, 0.25) is 0 Å². The average molecular weight is 418 g/mol. The minimum absolute atomic E-state index is 0.182. The lowest BCUT2D eigenvalue weighted by molar-refractivity contribution is 0.438. The summed E-state index contributed by atoms with van der Waals surface area (Å²) in [4.78, 5) is 15.9. The third kappa shape index (κ3) is 2.93. The number of fused-ring (bicyclic) bond motifs is 3. The second kappa shape index (κ2) is 6.62. The number of nitrogens with zero attached hydrogens (tertiary/aromatic N) is 4. The molecule has 3 heterocycles. The van der Waals surface area contributed by atoms with Crippen molar-refractivity contribution < 1.29 is 9.13 Å². The van der Waals surface area contributed by atoms with E-state index in [-0.39, 0.29) is 23.3 Å². The first-order valence-corrected chi connectivity index (χ1v) is 10.6. The zero-order valence-electron chi connectivity index (χ0n) is 17.2. The Morgan fingerprint density at radius 1 is 1.32 bits per heavy atom. The molecule has 8 heteroatoms. The fourth-order valence-corrected chi connectivity index (χ4v) is 5.03. The maximum atomic E-state index is 14.4. The van der Waals surface area contributed by atoms with Crippen LogP contribution in [0.4, 0.5) is 15.9 Å². The lowest BCUT2D eigenvalue weighted by Gasteiger charge is -2.22. The molecule has 1 aliphatic heterocycles. The quantitative estimate of drug-likeness (QED) is 0.525. The highest BCUT2D eigenvalue weighted by Gasteiger charge is 2.56. The van der Waals surface area contributed by atoms with E-state index < -0.39 is 0 Å². The van der Waals surface area contributed by atoms with Crippen LogP contribution in [0.15, 0.2) is 36.7 Å². The summed E-state index contributed by atoms with van der Waals surface area (Å²) < 4.78 is 20.4. The molecule has 1 saturated carbocycles. The predicted octanol–water partition coefficient (Wildman–Crippen LogP) is 3.34. The van der Waals surface area contributed by atoms with Crippen molar-refractivity contribution >= 4 is 11.5 Å². The van der Waals surface area contributed by atoms with E-state index in [1.165, 1.54) is 6.07 Å². The molecule has 1 aromatic carbocycles. The van der Waals surface area contributed by atoms with Crippen LogP contribution in [0.1, 0.15) is 24.1 Å². The molecule has 3 N–H and O–H groups in total. The molecular weight excluding hydrogens is 395 g/mol. The molecule has 0 radical (unpaired) electrons. The third-order valence-electron chi connectivity index (χ3n) is 6.82. The number of nitrogens with one attached hydrogen (secondary N) is 1. The molecule has 3 aliphatic rings. The lowest BCUT2D eigenvalue weighted by Crippen LogP contribution is -2.24. The van der Waals surface area contributed by atoms with E-state index in [2.05, 4.69) is 15.2 Å². The molecule has 31 heavy (non-hydrogen) atoms. The molecule has 0 bridgehead atoms. The van der Waals surface area contributed by atoms with Crippen molar-refractivity contribution in [3.63, 3.8) is 0 Å². The molecule has 0 unspecified atom stereocenters. The largest absolute Gasteiger partial charge is 0.423 e. The van der Waals surface area contributed by atoms with E-state index >= 15 is 0 Å². The standard InChI is InChI=1S/C23H23FN6O/c1-26-17-8-13(24)7-16-15(17)9-18-20(16)21(30-6-4-23(12-30)10-19(23)25)29-22(28-18)31-14-3-2-5-27-11-14/h2-3,5,7-8,11,19,26H,4,6,9-10,12,25H2,1H3/t19-,23-/m0/s1. The number of nitrogens with two attached hydrogens (primary N) is 1. The monoisotopic (exact) mass is 418 g/mol. The van der Waals surface area contributed by atoms with Crippen molar-refractivity contribution in [2.24, 2.45) is 11.1 Å². The molecular formula is C23H23FN6O. The Hall–Kier alpha value is -3.26. The Kier molecular flexibility index (Phi) is 3.95. The van der Waals surface area contributed by atoms with E-state index in [9.17, 15) is 4.39 Å². The van der Waals surface area contributed by atoms with Crippen LogP contribution < -0.4 is 20.7 Å². The van der Waals surface area contributed by atoms with Gasteiger partial charge in [-0.2, -0.15) is 9.97 Å². The molecule has 2 atom stereocenters. The van der Waals surface area contributed by atoms with Crippen LogP contribution in [-0.2, 0) is 6.42 Å². The number of hydrogen-bond acceptors (Lipinski definition) is 7. The van der Waals surface area contributed by atoms with Gasteiger partial charge in [-0.05, 0) is 48.2 Å². The highest BCUT2D eigenvalue weighted by atomic mass is 19.1. The summed E-state index contributed by atoms with van der Waals surface area (Å²) >= 11 is 0. The van der Waals surface area contributed by atoms with Gasteiger partial charge in [-0.3, -0.25) is 4.98 Å². The molecule has 2 aliphatic carbocycles. The maximum absolute atomic E-state index is 14.4. The van der Waals surface area contributed by atoms with E-state index in [4.69, 9.17) is 20.4 Å². The number of anilines is 2. The topological polar surface area (TPSA) is 89.2 Å². The van der Waals surface area contributed by atoms with Gasteiger partial charge in [0, 0.05) is 55.5 Å². The molecule has 158 valence electrons. The molecule has 0 amide bonds. The summed E-state index contributed by atoms with van der Waals surface area (Å²) in [5.74, 6) is 1.10. The van der Waals surface area contributed by atoms with Crippen LogP contribution >= 0.6 is 0 Å². The van der Waals surface area contributed by atoms with Crippen molar-refractivity contribution in [3.05, 3.63) is 53.7 Å². The van der Waals surface area contributed by atoms with E-state index in [0.717, 1.165) is 59.8 Å². The van der Waals surface area contributed by atoms with Gasteiger partial charge in [0.15, 0.2) is 0 Å². The van der Waals surface area contributed by atoms with E-state index in [0.29, 0.717) is 12.2 Å². The second-order valence-corrected chi connectivity index (χ2v) is 8.69. The van der Waals surface area contributed by atoms with Gasteiger partial charge in [0.25, 0.3) is 0 Å². The number of halogens is 1. The fraction of sp³-hybridized carbons (Fsp3) is 0.348. The van der Waals surface area contributed by atoms with Gasteiger partial charge in [-0.15, -0.1) is 0 Å². The Bertz CT molecular complexity index is 1190. The van der Waals surface area contributed by atoms with Crippen molar-refractivity contribution in [3.8, 4) is 22.9 Å². The van der Waals surface area contributed by atoms with Crippen LogP contribution in [0.2, 0.25) is 0 Å². The summed E-state index contributed by atoms with van der Waals surface area (Å²) in [5, 5.41) is 3.12. The van der Waals surface area contributed by atoms with Gasteiger partial charge in [0.1, 0.15) is 17.4 Å². The minimum Gasteiger partial charge on any atom is -0.423 e. The molecule has 1 spiro atoms. The minimum atomic E-state index is -0.278. The number of benzene rings is 1. The van der Waals surface area contributed by atoms with Gasteiger partial charge in [-0.25, -0.2) is 4.39 Å². The van der Waals surface area contributed by atoms with Gasteiger partial charge in [0.05, 0.1) is 11.9 Å². The fourth-order valence-electron chi connectivity index (χ4n) is 5.03. The zero-order valence-corrected chi connectivity index (χ0v) is 17.2. The highest BCUT2D eigenvalue weighted by molar-refractivity contribution is 5.88. The van der Waals surface area contributed by atoms with Gasteiger partial charge >= 0.3 is 6.01 Å². The number of hydrogen-bond donors (Lipinski definition) is 2. The Morgan fingerprint density at radius 3 is 2.90 bits per heavy atom. The molecule has 1 saturated heterocycles. The Labute approximate surface area is 179 Å². The third-order valence-corrected chi connectivity index (χ3v) is 6.82. The normalized spacial score (nSPS) is 23.1. The SMILES string of the molecule is CNc1cc(F)cc2c1Cc1nc(Oc3cccnc3)nc(N3CC[C@]4(C[C@@H]4N)C3)c1-2. The summed E-state index contributed by atoms with van der Waals surface area (Å²) in [7, 11) is 1.81. The zero-order chi connectivity index (χ0) is 21.2. The van der Waals surface area contributed by atoms with Crippen molar-refractivity contribution in [1.82, 2.24) is 15.0 Å². The summed E-state index contributed by atoms with van der Waals surface area (Å²) in [6.45, 7) is 1.72. The molecule has 3 aromatic rings. The van der Waals surface area contributed by atoms with Crippen LogP contribution in [-0.4, -0.2) is 41.1 Å². The van der Waals surface area contributed by atoms with Crippen LogP contribution in [0.5, 0.6) is 11.8 Å². The van der Waals surface area contributed by atoms with Crippen LogP contribution in [0.3, 0.4) is 0 Å². The van der Waals surface area contributed by atoms with Crippen molar-refractivity contribution in [2.75, 3.05) is 30.4 Å². The number of rotatable bonds is 4. The second-order valence-electron chi connectivity index (χ2n) is 8.69. The maximum Gasteiger partial charge on any atom is 0.324 e. The van der Waals surface area contributed by atoms with Gasteiger partial charge in [-0.1, -0.05) is 0 Å². The molecule has 7 nitrogen and oxygen atoms in total. The van der Waals surface area contributed by atoms with Crippen LogP contribution in [0.25, 0.3) is 11.1 Å². The molecule has 2 fully saturated rings. The van der Waals surface area contributed by atoms with E-state index in [1.807, 2.05) is 6.07 Å². The number of ether oxygens (including phenoxy) is 1. The summed E-state index contributed by atoms with van der Waals surface area (Å²) in [5.41, 5.74) is 10.8. The van der Waals surface area contributed by atoms with Crippen molar-refractivity contribution in [2.45, 2.75) is 25.3 Å². The van der Waals surface area contributed by atoms with E-state index in [1.54, 1.807) is 31.6 Å². The first kappa shape index (κ1) is 18.5. The Balaban J connectivity index is 1.47. The molecule has 6 rings (SSSR count). The number of pyridine rings is 1. The lowest BCUT2D eigenvalue weighted by atomic mass is 10.0. The first-order chi connectivity index (χ1) is 15.1. The first-order valence-electron chi connectivity index (χ1n) is 10.6. The van der Waals surface area contributed by atoms with Crippen LogP contribution in [0, 0.1) is 11.2 Å². The Morgan fingerprint density at radius 2 is 2.19 bits per heavy atom. The molecule has 2 aromatic heterocycles.